The Morgan fingerprint density at radius 2 is 1.74 bits per heavy atom. The van der Waals surface area contributed by atoms with E-state index in [1.807, 2.05) is 60.8 Å². The maximum Gasteiger partial charge on any atom is 0.267 e. The molecule has 0 aliphatic heterocycles. The minimum atomic E-state index is 0.462. The molecular formula is C23H16N2O2. The molecule has 2 heterocycles. The van der Waals surface area contributed by atoms with E-state index in [0.717, 1.165) is 33.2 Å². The van der Waals surface area contributed by atoms with Gasteiger partial charge in [-0.15, -0.1) is 0 Å². The van der Waals surface area contributed by atoms with Gasteiger partial charge < -0.3 is 9.26 Å². The van der Waals surface area contributed by atoms with Crippen LogP contribution in [-0.2, 0) is 0 Å². The van der Waals surface area contributed by atoms with E-state index in [4.69, 9.17) is 9.26 Å². The standard InChI is InChI=1S/C23H16N2O2/c1-15-11-12-24-14-21(15)19-7-4-8-20-22(19)27-25-23(20)26-18-10-9-16-5-2-3-6-17(16)13-18/h2-14H,1H3. The second-order valence-corrected chi connectivity index (χ2v) is 6.47. The van der Waals surface area contributed by atoms with Crippen LogP contribution in [0.25, 0.3) is 32.9 Å². The minimum absolute atomic E-state index is 0.462. The summed E-state index contributed by atoms with van der Waals surface area (Å²) in [4.78, 5) is 4.24. The van der Waals surface area contributed by atoms with Crippen molar-refractivity contribution in [2.75, 3.05) is 0 Å². The molecule has 0 atom stereocenters. The van der Waals surface area contributed by atoms with E-state index in [1.54, 1.807) is 6.20 Å². The van der Waals surface area contributed by atoms with E-state index >= 15 is 0 Å². The van der Waals surface area contributed by atoms with Crippen LogP contribution in [-0.4, -0.2) is 10.1 Å². The molecule has 0 radical (unpaired) electrons. The summed E-state index contributed by atoms with van der Waals surface area (Å²) in [5.74, 6) is 1.19. The highest BCUT2D eigenvalue weighted by Crippen LogP contribution is 2.36. The van der Waals surface area contributed by atoms with Crippen LogP contribution in [0.1, 0.15) is 5.56 Å². The summed E-state index contributed by atoms with van der Waals surface area (Å²) in [5.41, 5.74) is 3.81. The molecule has 0 amide bonds. The van der Waals surface area contributed by atoms with E-state index in [9.17, 15) is 0 Å². The summed E-state index contributed by atoms with van der Waals surface area (Å²) >= 11 is 0. The van der Waals surface area contributed by atoms with Crippen molar-refractivity contribution in [3.8, 4) is 22.8 Å². The van der Waals surface area contributed by atoms with E-state index in [2.05, 4.69) is 29.2 Å². The molecule has 0 saturated carbocycles. The van der Waals surface area contributed by atoms with Gasteiger partial charge in [0, 0.05) is 23.5 Å². The zero-order valence-electron chi connectivity index (χ0n) is 14.7. The molecule has 0 saturated heterocycles. The smallest absolute Gasteiger partial charge is 0.267 e. The van der Waals surface area contributed by atoms with Gasteiger partial charge in [-0.1, -0.05) is 42.5 Å². The zero-order chi connectivity index (χ0) is 18.2. The maximum atomic E-state index is 6.04. The second-order valence-electron chi connectivity index (χ2n) is 6.47. The number of nitrogens with zero attached hydrogens (tertiary/aromatic N) is 2. The number of aryl methyl sites for hydroxylation is 1. The molecule has 130 valence electrons. The Morgan fingerprint density at radius 1 is 0.852 bits per heavy atom. The Labute approximate surface area is 156 Å². The molecule has 4 heteroatoms. The van der Waals surface area contributed by atoms with Crippen molar-refractivity contribution in [1.82, 2.24) is 10.1 Å². The average molecular weight is 352 g/mol. The van der Waals surface area contributed by atoms with Crippen molar-refractivity contribution >= 4 is 21.7 Å². The highest BCUT2D eigenvalue weighted by molar-refractivity contribution is 5.95. The third kappa shape index (κ3) is 2.72. The maximum absolute atomic E-state index is 6.04. The van der Waals surface area contributed by atoms with E-state index in [1.165, 1.54) is 5.39 Å². The van der Waals surface area contributed by atoms with Crippen LogP contribution in [0.3, 0.4) is 0 Å². The largest absolute Gasteiger partial charge is 0.436 e. The van der Waals surface area contributed by atoms with E-state index in [0.29, 0.717) is 11.5 Å². The van der Waals surface area contributed by atoms with Gasteiger partial charge in [-0.05, 0) is 52.7 Å². The molecule has 0 aliphatic carbocycles. The van der Waals surface area contributed by atoms with Crippen molar-refractivity contribution in [3.63, 3.8) is 0 Å². The highest BCUT2D eigenvalue weighted by atomic mass is 16.5. The van der Waals surface area contributed by atoms with Crippen molar-refractivity contribution in [1.29, 1.82) is 0 Å². The van der Waals surface area contributed by atoms with Gasteiger partial charge in [0.05, 0.1) is 5.39 Å². The van der Waals surface area contributed by atoms with Gasteiger partial charge in [0.2, 0.25) is 0 Å². The van der Waals surface area contributed by atoms with Gasteiger partial charge in [0.15, 0.2) is 5.58 Å². The predicted molar refractivity (Wildman–Crippen MR) is 106 cm³/mol. The Bertz CT molecular complexity index is 1270. The molecule has 0 fully saturated rings. The van der Waals surface area contributed by atoms with Gasteiger partial charge in [-0.3, -0.25) is 4.98 Å². The monoisotopic (exact) mass is 352 g/mol. The van der Waals surface area contributed by atoms with Crippen molar-refractivity contribution < 1.29 is 9.26 Å². The summed E-state index contributed by atoms with van der Waals surface area (Å²) in [6, 6.07) is 22.1. The molecule has 5 rings (SSSR count). The first-order valence-corrected chi connectivity index (χ1v) is 8.76. The third-order valence-electron chi connectivity index (χ3n) is 4.73. The lowest BCUT2D eigenvalue weighted by Gasteiger charge is -2.06. The Hall–Kier alpha value is -3.66. The lowest BCUT2D eigenvalue weighted by Crippen LogP contribution is -1.86. The lowest BCUT2D eigenvalue weighted by atomic mass is 10.0. The molecule has 0 aliphatic rings. The van der Waals surface area contributed by atoms with Crippen molar-refractivity contribution in [3.05, 3.63) is 84.7 Å². The normalized spacial score (nSPS) is 11.1. The molecule has 3 aromatic carbocycles. The van der Waals surface area contributed by atoms with Gasteiger partial charge in [0.1, 0.15) is 5.75 Å². The Morgan fingerprint density at radius 3 is 2.63 bits per heavy atom. The third-order valence-corrected chi connectivity index (χ3v) is 4.73. The Balaban J connectivity index is 1.58. The zero-order valence-corrected chi connectivity index (χ0v) is 14.7. The number of rotatable bonds is 3. The van der Waals surface area contributed by atoms with Crippen LogP contribution in [0.15, 0.2) is 83.6 Å². The summed E-state index contributed by atoms with van der Waals surface area (Å²) < 4.78 is 11.7. The van der Waals surface area contributed by atoms with Crippen LogP contribution in [0.4, 0.5) is 0 Å². The van der Waals surface area contributed by atoms with E-state index < -0.39 is 0 Å². The molecule has 2 aromatic heterocycles. The fraction of sp³-hybridized carbons (Fsp3) is 0.0435. The van der Waals surface area contributed by atoms with Gasteiger partial charge in [-0.25, -0.2) is 0 Å². The predicted octanol–water partition coefficient (Wildman–Crippen LogP) is 6.14. The first-order valence-electron chi connectivity index (χ1n) is 8.76. The molecular weight excluding hydrogens is 336 g/mol. The number of para-hydroxylation sites is 1. The lowest BCUT2D eigenvalue weighted by molar-refractivity contribution is 0.385. The number of aromatic nitrogens is 2. The first kappa shape index (κ1) is 15.6. The minimum Gasteiger partial charge on any atom is -0.436 e. The molecule has 0 N–H and O–H groups in total. The molecule has 0 bridgehead atoms. The Kier molecular flexibility index (Phi) is 3.61. The number of pyridine rings is 1. The number of hydrogen-bond donors (Lipinski definition) is 0. The quantitative estimate of drug-likeness (QED) is 0.391. The van der Waals surface area contributed by atoms with Crippen LogP contribution in [0.5, 0.6) is 11.6 Å². The highest BCUT2D eigenvalue weighted by Gasteiger charge is 2.16. The van der Waals surface area contributed by atoms with Crippen molar-refractivity contribution in [2.24, 2.45) is 0 Å². The number of hydrogen-bond acceptors (Lipinski definition) is 4. The van der Waals surface area contributed by atoms with Crippen LogP contribution < -0.4 is 4.74 Å². The fourth-order valence-electron chi connectivity index (χ4n) is 3.31. The molecule has 27 heavy (non-hydrogen) atoms. The number of fused-ring (bicyclic) bond motifs is 2. The average Bonchev–Trinajstić information content (AvgIpc) is 3.11. The van der Waals surface area contributed by atoms with Crippen LogP contribution >= 0.6 is 0 Å². The fourth-order valence-corrected chi connectivity index (χ4v) is 3.31. The summed E-state index contributed by atoms with van der Waals surface area (Å²) in [6.07, 6.45) is 3.63. The summed E-state index contributed by atoms with van der Waals surface area (Å²) in [7, 11) is 0. The molecule has 5 aromatic rings. The van der Waals surface area contributed by atoms with Crippen LogP contribution in [0.2, 0.25) is 0 Å². The second kappa shape index (κ2) is 6.25. The summed E-state index contributed by atoms with van der Waals surface area (Å²) in [6.45, 7) is 2.05. The van der Waals surface area contributed by atoms with Gasteiger partial charge in [0.25, 0.3) is 5.88 Å². The molecule has 0 spiro atoms. The summed E-state index contributed by atoms with van der Waals surface area (Å²) in [5, 5.41) is 7.30. The van der Waals surface area contributed by atoms with Gasteiger partial charge in [-0.2, -0.15) is 0 Å². The van der Waals surface area contributed by atoms with E-state index in [-0.39, 0.29) is 0 Å². The number of benzene rings is 3. The molecule has 4 nitrogen and oxygen atoms in total. The first-order chi connectivity index (χ1) is 13.3. The van der Waals surface area contributed by atoms with Crippen LogP contribution in [0, 0.1) is 6.92 Å². The van der Waals surface area contributed by atoms with Crippen molar-refractivity contribution in [2.45, 2.75) is 6.92 Å². The number of ether oxygens (including phenoxy) is 1. The SMILES string of the molecule is Cc1ccncc1-c1cccc2c(Oc3ccc4ccccc4c3)noc12. The molecule has 0 unspecified atom stereocenters. The topological polar surface area (TPSA) is 48.2 Å². The van der Waals surface area contributed by atoms with Gasteiger partial charge >= 0.3 is 0 Å².